The Balaban J connectivity index is 2.09. The number of benzene rings is 2. The first kappa shape index (κ1) is 18.6. The summed E-state index contributed by atoms with van der Waals surface area (Å²) < 4.78 is 66.5. The third-order valence-corrected chi connectivity index (χ3v) is 3.11. The molecule has 0 fully saturated rings. The molecule has 0 aliphatic rings. The van der Waals surface area contributed by atoms with E-state index in [0.717, 1.165) is 23.8 Å². The first-order valence-electron chi connectivity index (χ1n) is 7.18. The molecular weight excluding hydrogens is 343 g/mol. The molecule has 0 amide bonds. The standard InChI is InChI=1S/C17H13F5N2O/c1-2-11-3-5-12(6-4-11)9-23-24-10-13-7-14(18)16(15(19)8-13)25-17(20,21)22/h3-10H,2H2,1H3. The van der Waals surface area contributed by atoms with Gasteiger partial charge in [-0.05, 0) is 29.7 Å². The molecular formula is C17H13F5N2O. The zero-order valence-corrected chi connectivity index (χ0v) is 13.0. The lowest BCUT2D eigenvalue weighted by Gasteiger charge is -2.10. The molecule has 0 atom stereocenters. The summed E-state index contributed by atoms with van der Waals surface area (Å²) >= 11 is 0. The zero-order valence-electron chi connectivity index (χ0n) is 13.0. The number of halogens is 5. The summed E-state index contributed by atoms with van der Waals surface area (Å²) in [7, 11) is 0. The second-order valence-corrected chi connectivity index (χ2v) is 4.95. The van der Waals surface area contributed by atoms with Crippen molar-refractivity contribution >= 4 is 12.4 Å². The van der Waals surface area contributed by atoms with Gasteiger partial charge in [0.2, 0.25) is 5.75 Å². The second kappa shape index (κ2) is 7.87. The van der Waals surface area contributed by atoms with E-state index in [4.69, 9.17) is 0 Å². The zero-order chi connectivity index (χ0) is 18.4. The maximum absolute atomic E-state index is 13.5. The molecule has 0 unspecified atom stereocenters. The molecule has 3 nitrogen and oxygen atoms in total. The minimum atomic E-state index is -5.19. The fourth-order valence-electron chi connectivity index (χ4n) is 1.91. The fraction of sp³-hybridized carbons (Fsp3) is 0.176. The molecule has 132 valence electrons. The van der Waals surface area contributed by atoms with Crippen LogP contribution in [0.3, 0.4) is 0 Å². The summed E-state index contributed by atoms with van der Waals surface area (Å²) in [6, 6.07) is 8.85. The van der Waals surface area contributed by atoms with E-state index in [1.165, 1.54) is 6.21 Å². The Morgan fingerprint density at radius 1 is 0.920 bits per heavy atom. The minimum absolute atomic E-state index is 0.0944. The Bertz CT molecular complexity index is 760. The van der Waals surface area contributed by atoms with Crippen molar-refractivity contribution in [1.82, 2.24) is 0 Å². The summed E-state index contributed by atoms with van der Waals surface area (Å²) in [5.74, 6) is -4.49. The predicted octanol–water partition coefficient (Wildman–Crippen LogP) is 4.88. The normalized spacial score (nSPS) is 12.2. The van der Waals surface area contributed by atoms with Gasteiger partial charge in [0.15, 0.2) is 11.6 Å². The van der Waals surface area contributed by atoms with Crippen LogP contribution in [0, 0.1) is 11.6 Å². The molecule has 0 heterocycles. The van der Waals surface area contributed by atoms with Gasteiger partial charge < -0.3 is 4.74 Å². The van der Waals surface area contributed by atoms with E-state index in [1.54, 1.807) is 0 Å². The van der Waals surface area contributed by atoms with Crippen LogP contribution in [0.4, 0.5) is 22.0 Å². The molecule has 0 bridgehead atoms. The monoisotopic (exact) mass is 356 g/mol. The summed E-state index contributed by atoms with van der Waals surface area (Å²) in [6.45, 7) is 2.02. The number of alkyl halides is 3. The predicted molar refractivity (Wildman–Crippen MR) is 84.0 cm³/mol. The van der Waals surface area contributed by atoms with E-state index < -0.39 is 23.7 Å². The van der Waals surface area contributed by atoms with E-state index in [1.807, 2.05) is 31.2 Å². The molecule has 2 aromatic carbocycles. The molecule has 0 radical (unpaired) electrons. The number of hydrogen-bond acceptors (Lipinski definition) is 3. The van der Waals surface area contributed by atoms with Crippen molar-refractivity contribution in [3.63, 3.8) is 0 Å². The average molecular weight is 356 g/mol. The molecule has 2 rings (SSSR count). The first-order chi connectivity index (χ1) is 11.8. The van der Waals surface area contributed by atoms with Gasteiger partial charge in [0.25, 0.3) is 0 Å². The molecule has 0 N–H and O–H groups in total. The highest BCUT2D eigenvalue weighted by atomic mass is 19.4. The molecule has 2 aromatic rings. The van der Waals surface area contributed by atoms with Gasteiger partial charge >= 0.3 is 6.36 Å². The maximum Gasteiger partial charge on any atom is 0.573 e. The fourth-order valence-corrected chi connectivity index (χ4v) is 1.91. The Morgan fingerprint density at radius 3 is 1.92 bits per heavy atom. The lowest BCUT2D eigenvalue weighted by molar-refractivity contribution is -0.276. The number of aryl methyl sites for hydroxylation is 1. The molecule has 0 aliphatic heterocycles. The summed E-state index contributed by atoms with van der Waals surface area (Å²) in [5.41, 5.74) is 1.84. The van der Waals surface area contributed by atoms with Gasteiger partial charge in [-0.15, -0.1) is 13.2 Å². The average Bonchev–Trinajstić information content (AvgIpc) is 2.55. The SMILES string of the molecule is CCc1ccc(C=NN=Cc2cc(F)c(OC(F)(F)F)c(F)c2)cc1. The van der Waals surface area contributed by atoms with Gasteiger partial charge in [-0.25, -0.2) is 8.78 Å². The van der Waals surface area contributed by atoms with Crippen LogP contribution in [0.25, 0.3) is 0 Å². The Hall–Kier alpha value is -2.77. The molecule has 0 spiro atoms. The summed E-state index contributed by atoms with van der Waals surface area (Å²) in [5, 5.41) is 7.34. The Kier molecular flexibility index (Phi) is 5.84. The third kappa shape index (κ3) is 5.66. The van der Waals surface area contributed by atoms with E-state index in [-0.39, 0.29) is 5.56 Å². The van der Waals surface area contributed by atoms with E-state index in [2.05, 4.69) is 14.9 Å². The molecule has 0 saturated heterocycles. The van der Waals surface area contributed by atoms with Crippen molar-refractivity contribution in [2.24, 2.45) is 10.2 Å². The second-order valence-electron chi connectivity index (χ2n) is 4.95. The van der Waals surface area contributed by atoms with Crippen LogP contribution in [0.2, 0.25) is 0 Å². The van der Waals surface area contributed by atoms with Crippen molar-refractivity contribution in [3.8, 4) is 5.75 Å². The van der Waals surface area contributed by atoms with Crippen LogP contribution in [-0.4, -0.2) is 18.8 Å². The third-order valence-electron chi connectivity index (χ3n) is 3.11. The number of nitrogens with zero attached hydrogens (tertiary/aromatic N) is 2. The Morgan fingerprint density at radius 2 is 1.44 bits per heavy atom. The van der Waals surface area contributed by atoms with E-state index in [0.29, 0.717) is 12.1 Å². The van der Waals surface area contributed by atoms with Gasteiger partial charge in [-0.2, -0.15) is 10.2 Å². The molecule has 0 aromatic heterocycles. The quantitative estimate of drug-likeness (QED) is 0.427. The lowest BCUT2D eigenvalue weighted by atomic mass is 10.1. The van der Waals surface area contributed by atoms with Crippen LogP contribution >= 0.6 is 0 Å². The van der Waals surface area contributed by atoms with Crippen molar-refractivity contribution in [2.75, 3.05) is 0 Å². The topological polar surface area (TPSA) is 34.0 Å². The molecule has 25 heavy (non-hydrogen) atoms. The lowest BCUT2D eigenvalue weighted by Crippen LogP contribution is -2.19. The summed E-state index contributed by atoms with van der Waals surface area (Å²) in [6.07, 6.45) is -1.83. The van der Waals surface area contributed by atoms with Gasteiger partial charge in [0.05, 0.1) is 12.4 Å². The largest absolute Gasteiger partial charge is 0.573 e. The van der Waals surface area contributed by atoms with Crippen LogP contribution in [0.1, 0.15) is 23.6 Å². The van der Waals surface area contributed by atoms with Gasteiger partial charge in [0.1, 0.15) is 0 Å². The number of rotatable bonds is 5. The van der Waals surface area contributed by atoms with Crippen LogP contribution < -0.4 is 4.74 Å². The van der Waals surface area contributed by atoms with Crippen molar-refractivity contribution in [1.29, 1.82) is 0 Å². The molecule has 8 heteroatoms. The van der Waals surface area contributed by atoms with Gasteiger partial charge in [0, 0.05) is 5.56 Å². The molecule has 0 saturated carbocycles. The van der Waals surface area contributed by atoms with Gasteiger partial charge in [-0.3, -0.25) is 0 Å². The maximum atomic E-state index is 13.5. The van der Waals surface area contributed by atoms with Crippen LogP contribution in [0.5, 0.6) is 5.75 Å². The van der Waals surface area contributed by atoms with E-state index >= 15 is 0 Å². The highest BCUT2D eigenvalue weighted by molar-refractivity contribution is 5.82. The van der Waals surface area contributed by atoms with E-state index in [9.17, 15) is 22.0 Å². The summed E-state index contributed by atoms with van der Waals surface area (Å²) in [4.78, 5) is 0. The number of ether oxygens (including phenoxy) is 1. The number of hydrogen-bond donors (Lipinski definition) is 0. The van der Waals surface area contributed by atoms with Crippen LogP contribution in [0.15, 0.2) is 46.6 Å². The molecule has 0 aliphatic carbocycles. The highest BCUT2D eigenvalue weighted by Crippen LogP contribution is 2.28. The Labute approximate surface area is 140 Å². The van der Waals surface area contributed by atoms with Crippen molar-refractivity contribution in [3.05, 3.63) is 64.7 Å². The minimum Gasteiger partial charge on any atom is -0.399 e. The highest BCUT2D eigenvalue weighted by Gasteiger charge is 2.34. The van der Waals surface area contributed by atoms with Crippen molar-refractivity contribution < 1.29 is 26.7 Å². The van der Waals surface area contributed by atoms with Crippen molar-refractivity contribution in [2.45, 2.75) is 19.7 Å². The van der Waals surface area contributed by atoms with Crippen LogP contribution in [-0.2, 0) is 6.42 Å². The smallest absolute Gasteiger partial charge is 0.399 e. The van der Waals surface area contributed by atoms with Gasteiger partial charge in [-0.1, -0.05) is 31.2 Å². The first-order valence-corrected chi connectivity index (χ1v) is 7.18.